The molecular formula is C13H22N2O. The maximum Gasteiger partial charge on any atom is 0.0524 e. The van der Waals surface area contributed by atoms with Gasteiger partial charge in [0.15, 0.2) is 0 Å². The molecule has 0 aromatic carbocycles. The Hall–Kier alpha value is -0.830. The van der Waals surface area contributed by atoms with E-state index in [1.54, 1.807) is 0 Å². The molecule has 1 aliphatic rings. The highest BCUT2D eigenvalue weighted by Gasteiger charge is 2.18. The van der Waals surface area contributed by atoms with Crippen LogP contribution >= 0.6 is 0 Å². The molecule has 3 nitrogen and oxygen atoms in total. The normalized spacial score (nSPS) is 17.9. The minimum Gasteiger partial charge on any atom is -0.396 e. The highest BCUT2D eigenvalue weighted by Crippen LogP contribution is 2.29. The van der Waals surface area contributed by atoms with Crippen molar-refractivity contribution in [3.8, 4) is 0 Å². The second-order valence-electron chi connectivity index (χ2n) is 4.82. The van der Waals surface area contributed by atoms with Gasteiger partial charge in [-0.15, -0.1) is 0 Å². The topological polar surface area (TPSA) is 38.1 Å². The summed E-state index contributed by atoms with van der Waals surface area (Å²) in [6, 6.07) is 0.622. The Morgan fingerprint density at radius 3 is 2.81 bits per heavy atom. The van der Waals surface area contributed by atoms with Crippen LogP contribution in [0, 0.1) is 6.92 Å². The summed E-state index contributed by atoms with van der Waals surface area (Å²) in [4.78, 5) is 0. The molecule has 0 amide bonds. The van der Waals surface area contributed by atoms with Gasteiger partial charge in [-0.2, -0.15) is 5.10 Å². The molecule has 0 radical (unpaired) electrons. The maximum absolute atomic E-state index is 8.85. The standard InChI is InChI=1S/C13H22N2O/c1-11-12(6-5-9-16)10-14-15(11)13-7-3-2-4-8-13/h10,13,16H,2-9H2,1H3. The number of aliphatic hydroxyl groups excluding tert-OH is 1. The summed E-state index contributed by atoms with van der Waals surface area (Å²) >= 11 is 0. The Morgan fingerprint density at radius 2 is 2.12 bits per heavy atom. The summed E-state index contributed by atoms with van der Waals surface area (Å²) < 4.78 is 2.21. The van der Waals surface area contributed by atoms with Gasteiger partial charge in [-0.3, -0.25) is 4.68 Å². The van der Waals surface area contributed by atoms with Crippen LogP contribution in [0.3, 0.4) is 0 Å². The third kappa shape index (κ3) is 2.46. The number of hydrogen-bond acceptors (Lipinski definition) is 2. The van der Waals surface area contributed by atoms with E-state index in [-0.39, 0.29) is 6.61 Å². The van der Waals surface area contributed by atoms with Gasteiger partial charge < -0.3 is 5.11 Å². The number of rotatable bonds is 4. The van der Waals surface area contributed by atoms with Crippen LogP contribution in [0.15, 0.2) is 6.20 Å². The van der Waals surface area contributed by atoms with Gasteiger partial charge in [0.05, 0.1) is 12.2 Å². The Balaban J connectivity index is 2.06. The Kier molecular flexibility index (Phi) is 3.99. The monoisotopic (exact) mass is 222 g/mol. The molecule has 1 fully saturated rings. The van der Waals surface area contributed by atoms with E-state index < -0.39 is 0 Å². The van der Waals surface area contributed by atoms with Gasteiger partial charge in [0.1, 0.15) is 0 Å². The zero-order valence-electron chi connectivity index (χ0n) is 10.2. The van der Waals surface area contributed by atoms with Crippen LogP contribution in [0.2, 0.25) is 0 Å². The first-order valence-electron chi connectivity index (χ1n) is 6.46. The fourth-order valence-corrected chi connectivity index (χ4v) is 2.67. The van der Waals surface area contributed by atoms with E-state index in [0.717, 1.165) is 12.8 Å². The van der Waals surface area contributed by atoms with Crippen molar-refractivity contribution in [2.45, 2.75) is 57.9 Å². The zero-order valence-corrected chi connectivity index (χ0v) is 10.2. The molecule has 1 N–H and O–H groups in total. The van der Waals surface area contributed by atoms with Crippen LogP contribution < -0.4 is 0 Å². The van der Waals surface area contributed by atoms with Crippen LogP contribution in [-0.2, 0) is 6.42 Å². The Morgan fingerprint density at radius 1 is 1.38 bits per heavy atom. The van der Waals surface area contributed by atoms with Gasteiger partial charge in [-0.25, -0.2) is 0 Å². The summed E-state index contributed by atoms with van der Waals surface area (Å²) in [5.41, 5.74) is 2.61. The molecule has 0 unspecified atom stereocenters. The van der Waals surface area contributed by atoms with Gasteiger partial charge in [-0.05, 0) is 38.2 Å². The molecule has 1 aromatic heterocycles. The van der Waals surface area contributed by atoms with Crippen molar-refractivity contribution < 1.29 is 5.11 Å². The van der Waals surface area contributed by atoms with Crippen LogP contribution in [0.1, 0.15) is 55.8 Å². The molecule has 2 rings (SSSR count). The van der Waals surface area contributed by atoms with E-state index in [2.05, 4.69) is 16.7 Å². The largest absolute Gasteiger partial charge is 0.396 e. The van der Waals surface area contributed by atoms with Crippen molar-refractivity contribution in [3.63, 3.8) is 0 Å². The van der Waals surface area contributed by atoms with E-state index in [1.807, 2.05) is 6.20 Å². The average molecular weight is 222 g/mol. The third-order valence-corrected chi connectivity index (χ3v) is 3.67. The van der Waals surface area contributed by atoms with E-state index in [4.69, 9.17) is 5.11 Å². The second-order valence-corrected chi connectivity index (χ2v) is 4.82. The zero-order chi connectivity index (χ0) is 11.4. The summed E-state index contributed by atoms with van der Waals surface area (Å²) in [5.74, 6) is 0. The summed E-state index contributed by atoms with van der Waals surface area (Å²) in [6.45, 7) is 2.43. The van der Waals surface area contributed by atoms with E-state index >= 15 is 0 Å². The van der Waals surface area contributed by atoms with E-state index in [9.17, 15) is 0 Å². The molecular weight excluding hydrogens is 200 g/mol. The molecule has 0 aliphatic heterocycles. The number of aromatic nitrogens is 2. The Labute approximate surface area is 97.5 Å². The van der Waals surface area contributed by atoms with Crippen LogP contribution in [0.4, 0.5) is 0 Å². The lowest BCUT2D eigenvalue weighted by atomic mass is 9.95. The van der Waals surface area contributed by atoms with Crippen LogP contribution in [0.25, 0.3) is 0 Å². The minimum atomic E-state index is 0.272. The molecule has 3 heteroatoms. The van der Waals surface area contributed by atoms with Gasteiger partial charge in [-0.1, -0.05) is 19.3 Å². The fraction of sp³-hybridized carbons (Fsp3) is 0.769. The molecule has 1 aliphatic carbocycles. The predicted molar refractivity (Wildman–Crippen MR) is 64.5 cm³/mol. The van der Waals surface area contributed by atoms with Crippen molar-refractivity contribution in [1.29, 1.82) is 0 Å². The predicted octanol–water partition coefficient (Wildman–Crippen LogP) is 2.62. The number of hydrogen-bond donors (Lipinski definition) is 1. The van der Waals surface area contributed by atoms with Crippen molar-refractivity contribution in [3.05, 3.63) is 17.5 Å². The van der Waals surface area contributed by atoms with Crippen molar-refractivity contribution >= 4 is 0 Å². The number of nitrogens with zero attached hydrogens (tertiary/aromatic N) is 2. The first kappa shape index (κ1) is 11.6. The van der Waals surface area contributed by atoms with Gasteiger partial charge in [0.25, 0.3) is 0 Å². The minimum absolute atomic E-state index is 0.272. The molecule has 90 valence electrons. The fourth-order valence-electron chi connectivity index (χ4n) is 2.67. The number of aryl methyl sites for hydroxylation is 1. The van der Waals surface area contributed by atoms with Crippen LogP contribution in [0.5, 0.6) is 0 Å². The van der Waals surface area contributed by atoms with Crippen molar-refractivity contribution in [2.24, 2.45) is 0 Å². The van der Waals surface area contributed by atoms with Gasteiger partial charge in [0, 0.05) is 12.3 Å². The molecule has 0 bridgehead atoms. The maximum atomic E-state index is 8.85. The van der Waals surface area contributed by atoms with Crippen molar-refractivity contribution in [1.82, 2.24) is 9.78 Å². The molecule has 16 heavy (non-hydrogen) atoms. The molecule has 1 saturated carbocycles. The SMILES string of the molecule is Cc1c(CCCO)cnn1C1CCCCC1. The highest BCUT2D eigenvalue weighted by molar-refractivity contribution is 5.17. The van der Waals surface area contributed by atoms with E-state index in [1.165, 1.54) is 43.4 Å². The Bertz CT molecular complexity index is 327. The van der Waals surface area contributed by atoms with Gasteiger partial charge in [0.2, 0.25) is 0 Å². The molecule has 1 heterocycles. The number of aliphatic hydroxyl groups is 1. The quantitative estimate of drug-likeness (QED) is 0.850. The van der Waals surface area contributed by atoms with Crippen molar-refractivity contribution in [2.75, 3.05) is 6.61 Å². The lowest BCUT2D eigenvalue weighted by molar-refractivity contribution is 0.288. The lowest BCUT2D eigenvalue weighted by Gasteiger charge is -2.23. The summed E-state index contributed by atoms with van der Waals surface area (Å²) in [5, 5.41) is 13.4. The lowest BCUT2D eigenvalue weighted by Crippen LogP contribution is -2.15. The molecule has 0 atom stereocenters. The summed E-state index contributed by atoms with van der Waals surface area (Å²) in [7, 11) is 0. The van der Waals surface area contributed by atoms with Gasteiger partial charge >= 0.3 is 0 Å². The first-order chi connectivity index (χ1) is 7.83. The molecule has 1 aromatic rings. The first-order valence-corrected chi connectivity index (χ1v) is 6.46. The smallest absolute Gasteiger partial charge is 0.0524 e. The summed E-state index contributed by atoms with van der Waals surface area (Å²) in [6.07, 6.45) is 10.4. The highest BCUT2D eigenvalue weighted by atomic mass is 16.2. The van der Waals surface area contributed by atoms with Crippen LogP contribution in [-0.4, -0.2) is 21.5 Å². The second kappa shape index (κ2) is 5.48. The third-order valence-electron chi connectivity index (χ3n) is 3.67. The molecule has 0 saturated heterocycles. The molecule has 0 spiro atoms. The van der Waals surface area contributed by atoms with E-state index in [0.29, 0.717) is 6.04 Å². The average Bonchev–Trinajstić information content (AvgIpc) is 2.69.